The largest absolute Gasteiger partial charge is 0.460 e. The Hall–Kier alpha value is -4.31. The molecule has 1 fully saturated rings. The molecule has 3 heterocycles. The van der Waals surface area contributed by atoms with Gasteiger partial charge in [-0.15, -0.1) is 11.3 Å². The number of carbonyl (C=O) groups excluding carboxylic acids is 2. The standard InChI is InChI=1S/C36H38N4O4S/c1-23-15-27(18-28(16-23)36(43)40-14-8-12-31(40)35-38-24(2)22-45-35)34(42)39-30(17-25-9-4-3-5-10-25)32(41)21-37-20-29-19-26-11-6-7-13-33(26)44-29/h3-7,9-11,13,15-16,18-19,22,30-32,37,41H,8,12,14,17,20-21H2,1-2H3,(H,39,42)/t30-,31+,32+/m0/s1. The van der Waals surface area contributed by atoms with E-state index in [0.29, 0.717) is 30.6 Å². The molecule has 5 aromatic rings. The van der Waals surface area contributed by atoms with Gasteiger partial charge in [0.2, 0.25) is 0 Å². The van der Waals surface area contributed by atoms with Crippen molar-refractivity contribution >= 4 is 34.1 Å². The van der Waals surface area contributed by atoms with Crippen LogP contribution in [0.25, 0.3) is 11.0 Å². The third kappa shape index (κ3) is 7.33. The zero-order valence-corrected chi connectivity index (χ0v) is 26.3. The van der Waals surface area contributed by atoms with Crippen molar-refractivity contribution in [2.24, 2.45) is 0 Å². The van der Waals surface area contributed by atoms with Crippen LogP contribution in [0.3, 0.4) is 0 Å². The predicted molar refractivity (Wildman–Crippen MR) is 176 cm³/mol. The average molecular weight is 623 g/mol. The molecule has 0 bridgehead atoms. The van der Waals surface area contributed by atoms with E-state index >= 15 is 0 Å². The molecule has 8 nitrogen and oxygen atoms in total. The van der Waals surface area contributed by atoms with Gasteiger partial charge in [-0.3, -0.25) is 9.59 Å². The Balaban J connectivity index is 1.16. The summed E-state index contributed by atoms with van der Waals surface area (Å²) in [5.41, 5.74) is 4.46. The van der Waals surface area contributed by atoms with E-state index in [2.05, 4.69) is 15.6 Å². The van der Waals surface area contributed by atoms with Crippen molar-refractivity contribution in [3.8, 4) is 0 Å². The molecule has 0 aliphatic carbocycles. The van der Waals surface area contributed by atoms with E-state index in [1.165, 1.54) is 0 Å². The molecular formula is C36H38N4O4S. The second kappa shape index (κ2) is 13.8. The van der Waals surface area contributed by atoms with Crippen molar-refractivity contribution in [2.45, 2.75) is 57.8 Å². The summed E-state index contributed by atoms with van der Waals surface area (Å²) in [6.07, 6.45) is 1.36. The highest BCUT2D eigenvalue weighted by atomic mass is 32.1. The number of amides is 2. The molecule has 3 N–H and O–H groups in total. The quantitative estimate of drug-likeness (QED) is 0.167. The Morgan fingerprint density at radius 2 is 1.82 bits per heavy atom. The van der Waals surface area contributed by atoms with Gasteiger partial charge in [0, 0.05) is 40.7 Å². The minimum atomic E-state index is -0.878. The number of aromatic nitrogens is 1. The average Bonchev–Trinajstić information content (AvgIpc) is 3.80. The Labute approximate surface area is 267 Å². The monoisotopic (exact) mass is 622 g/mol. The van der Waals surface area contributed by atoms with Gasteiger partial charge in [-0.05, 0) is 74.6 Å². The highest BCUT2D eigenvalue weighted by Gasteiger charge is 2.33. The highest BCUT2D eigenvalue weighted by molar-refractivity contribution is 7.09. The summed E-state index contributed by atoms with van der Waals surface area (Å²) in [7, 11) is 0. The van der Waals surface area contributed by atoms with Crippen LogP contribution in [0, 0.1) is 13.8 Å². The number of nitrogens with zero attached hydrogens (tertiary/aromatic N) is 2. The number of carbonyl (C=O) groups is 2. The van der Waals surface area contributed by atoms with E-state index in [0.717, 1.165) is 51.4 Å². The van der Waals surface area contributed by atoms with E-state index in [1.807, 2.05) is 90.9 Å². The van der Waals surface area contributed by atoms with Crippen LogP contribution in [0.5, 0.6) is 0 Å². The molecule has 45 heavy (non-hydrogen) atoms. The summed E-state index contributed by atoms with van der Waals surface area (Å²) in [6, 6.07) is 24.2. The molecule has 6 rings (SSSR count). The number of benzene rings is 3. The number of furan rings is 1. The van der Waals surface area contributed by atoms with Crippen molar-refractivity contribution in [1.82, 2.24) is 20.5 Å². The van der Waals surface area contributed by atoms with E-state index in [-0.39, 0.29) is 24.4 Å². The maximum absolute atomic E-state index is 13.7. The summed E-state index contributed by atoms with van der Waals surface area (Å²) < 4.78 is 5.89. The molecule has 1 aliphatic rings. The van der Waals surface area contributed by atoms with Gasteiger partial charge in [0.1, 0.15) is 16.4 Å². The Morgan fingerprint density at radius 3 is 2.60 bits per heavy atom. The third-order valence-electron chi connectivity index (χ3n) is 8.23. The van der Waals surface area contributed by atoms with Gasteiger partial charge >= 0.3 is 0 Å². The second-order valence-electron chi connectivity index (χ2n) is 11.8. The first-order valence-electron chi connectivity index (χ1n) is 15.4. The van der Waals surface area contributed by atoms with Crippen molar-refractivity contribution in [3.05, 3.63) is 123 Å². The first-order valence-corrected chi connectivity index (χ1v) is 16.3. The minimum absolute atomic E-state index is 0.0496. The van der Waals surface area contributed by atoms with Gasteiger partial charge in [0.25, 0.3) is 11.8 Å². The van der Waals surface area contributed by atoms with Crippen LogP contribution in [0.15, 0.2) is 88.7 Å². The highest BCUT2D eigenvalue weighted by Crippen LogP contribution is 2.35. The molecule has 3 atom stereocenters. The minimum Gasteiger partial charge on any atom is -0.460 e. The number of aryl methyl sites for hydroxylation is 2. The van der Waals surface area contributed by atoms with Gasteiger partial charge in [-0.1, -0.05) is 48.5 Å². The number of likely N-dealkylation sites (tertiary alicyclic amines) is 1. The smallest absolute Gasteiger partial charge is 0.254 e. The lowest BCUT2D eigenvalue weighted by atomic mass is 9.99. The van der Waals surface area contributed by atoms with Crippen LogP contribution in [-0.4, -0.2) is 52.0 Å². The van der Waals surface area contributed by atoms with Crippen LogP contribution in [-0.2, 0) is 13.0 Å². The molecule has 0 radical (unpaired) electrons. The van der Waals surface area contributed by atoms with Crippen molar-refractivity contribution in [3.63, 3.8) is 0 Å². The molecule has 3 aromatic carbocycles. The maximum atomic E-state index is 13.7. The fraction of sp³-hybridized carbons (Fsp3) is 0.306. The lowest BCUT2D eigenvalue weighted by molar-refractivity contribution is 0.0735. The summed E-state index contributed by atoms with van der Waals surface area (Å²) in [5.74, 6) is 0.339. The molecule has 9 heteroatoms. The Bertz CT molecular complexity index is 1750. The summed E-state index contributed by atoms with van der Waals surface area (Å²) >= 11 is 1.59. The van der Waals surface area contributed by atoms with E-state index in [4.69, 9.17) is 4.42 Å². The molecule has 2 amide bonds. The fourth-order valence-electron chi connectivity index (χ4n) is 6.01. The first-order chi connectivity index (χ1) is 21.8. The van der Waals surface area contributed by atoms with Crippen molar-refractivity contribution < 1.29 is 19.1 Å². The SMILES string of the molecule is Cc1cc(C(=O)N[C@@H](Cc2ccccc2)[C@H](O)CNCc2cc3ccccc3o2)cc(C(=O)N2CCC[C@@H]2c2nc(C)cs2)c1. The Morgan fingerprint density at radius 1 is 1.04 bits per heavy atom. The van der Waals surface area contributed by atoms with Crippen LogP contribution in [0.4, 0.5) is 0 Å². The molecule has 232 valence electrons. The molecule has 0 saturated carbocycles. The zero-order valence-electron chi connectivity index (χ0n) is 25.5. The third-order valence-corrected chi connectivity index (χ3v) is 9.29. The molecule has 1 aliphatic heterocycles. The van der Waals surface area contributed by atoms with E-state index in [1.54, 1.807) is 23.5 Å². The number of hydrogen-bond acceptors (Lipinski definition) is 7. The topological polar surface area (TPSA) is 108 Å². The van der Waals surface area contributed by atoms with Crippen LogP contribution in [0.2, 0.25) is 0 Å². The van der Waals surface area contributed by atoms with Gasteiger partial charge in [-0.25, -0.2) is 4.98 Å². The van der Waals surface area contributed by atoms with Gasteiger partial charge in [-0.2, -0.15) is 0 Å². The first kappa shape index (κ1) is 30.7. The number of fused-ring (bicyclic) bond motifs is 1. The predicted octanol–water partition coefficient (Wildman–Crippen LogP) is 5.98. The number of aliphatic hydroxyl groups is 1. The Kier molecular flexibility index (Phi) is 9.39. The zero-order chi connectivity index (χ0) is 31.3. The fourth-order valence-corrected chi connectivity index (χ4v) is 6.95. The van der Waals surface area contributed by atoms with Crippen molar-refractivity contribution in [2.75, 3.05) is 13.1 Å². The molecule has 2 aromatic heterocycles. The second-order valence-corrected chi connectivity index (χ2v) is 12.7. The molecule has 1 saturated heterocycles. The molecule has 0 unspecified atom stereocenters. The lowest BCUT2D eigenvalue weighted by Gasteiger charge is -2.25. The number of hydrogen-bond donors (Lipinski definition) is 3. The van der Waals surface area contributed by atoms with Gasteiger partial charge < -0.3 is 25.1 Å². The number of para-hydroxylation sites is 1. The number of nitrogens with one attached hydrogen (secondary N) is 2. The van der Waals surface area contributed by atoms with Gasteiger partial charge in [0.05, 0.1) is 24.7 Å². The normalized spacial score (nSPS) is 16.2. The van der Waals surface area contributed by atoms with E-state index < -0.39 is 12.1 Å². The van der Waals surface area contributed by atoms with E-state index in [9.17, 15) is 14.7 Å². The number of aliphatic hydroxyl groups excluding tert-OH is 1. The summed E-state index contributed by atoms with van der Waals surface area (Å²) in [4.78, 5) is 34.0. The lowest BCUT2D eigenvalue weighted by Crippen LogP contribution is -2.48. The molecular weight excluding hydrogens is 584 g/mol. The number of thiazole rings is 1. The molecule has 0 spiro atoms. The van der Waals surface area contributed by atoms with Crippen LogP contribution >= 0.6 is 11.3 Å². The van der Waals surface area contributed by atoms with Gasteiger partial charge in [0.15, 0.2) is 0 Å². The summed E-state index contributed by atoms with van der Waals surface area (Å²) in [5, 5.41) is 21.6. The maximum Gasteiger partial charge on any atom is 0.254 e. The van der Waals surface area contributed by atoms with Crippen molar-refractivity contribution in [1.29, 1.82) is 0 Å². The van der Waals surface area contributed by atoms with Crippen LogP contribution in [0.1, 0.15) is 67.2 Å². The number of rotatable bonds is 11. The summed E-state index contributed by atoms with van der Waals surface area (Å²) in [6.45, 7) is 5.20. The van der Waals surface area contributed by atoms with Crippen LogP contribution < -0.4 is 10.6 Å².